The zero-order valence-electron chi connectivity index (χ0n) is 8.28. The molecule has 1 aliphatic rings. The molecule has 0 aromatic heterocycles. The van der Waals surface area contributed by atoms with Gasteiger partial charge in [-0.25, -0.2) is 13.6 Å². The van der Waals surface area contributed by atoms with E-state index in [-0.39, 0.29) is 6.61 Å². The average Bonchev–Trinajstić information content (AvgIpc) is 2.74. The lowest BCUT2D eigenvalue weighted by Crippen LogP contribution is -2.28. The lowest BCUT2D eigenvalue weighted by atomic mass is 10.3. The van der Waals surface area contributed by atoms with Crippen LogP contribution >= 0.6 is 0 Å². The molecule has 90 valence electrons. The molecule has 1 fully saturated rings. The molecule has 0 unspecified atom stereocenters. The Bertz CT molecular complexity index is 319. The van der Waals surface area contributed by atoms with E-state index in [9.17, 15) is 18.4 Å². The number of hydrogen-bond acceptors (Lipinski definition) is 3. The van der Waals surface area contributed by atoms with Crippen LogP contribution in [0.5, 0.6) is 0 Å². The SMILES string of the molecule is C=CCOC(=O)NC[C@@H]1[C@@H](C(=O)O)C1(F)F. The fraction of sp³-hybridized carbons (Fsp3) is 0.556. The summed E-state index contributed by atoms with van der Waals surface area (Å²) >= 11 is 0. The molecule has 5 nitrogen and oxygen atoms in total. The van der Waals surface area contributed by atoms with Gasteiger partial charge in [-0.1, -0.05) is 12.7 Å². The van der Waals surface area contributed by atoms with Crippen molar-refractivity contribution in [1.82, 2.24) is 5.32 Å². The Morgan fingerprint density at radius 1 is 1.56 bits per heavy atom. The summed E-state index contributed by atoms with van der Waals surface area (Å²) in [5.41, 5.74) is 0. The Labute approximate surface area is 90.1 Å². The number of aliphatic carboxylic acids is 1. The van der Waals surface area contributed by atoms with Gasteiger partial charge in [0.25, 0.3) is 5.92 Å². The minimum Gasteiger partial charge on any atom is -0.481 e. The second-order valence-electron chi connectivity index (χ2n) is 3.36. The first-order valence-corrected chi connectivity index (χ1v) is 4.53. The molecule has 0 aromatic carbocycles. The van der Waals surface area contributed by atoms with Gasteiger partial charge >= 0.3 is 12.1 Å². The number of carbonyl (C=O) groups is 2. The molecule has 0 heterocycles. The molecule has 0 aliphatic heterocycles. The maximum atomic E-state index is 12.8. The van der Waals surface area contributed by atoms with Gasteiger partial charge < -0.3 is 15.2 Å². The van der Waals surface area contributed by atoms with Gasteiger partial charge in [0, 0.05) is 6.54 Å². The van der Waals surface area contributed by atoms with E-state index in [1.807, 2.05) is 0 Å². The maximum absolute atomic E-state index is 12.8. The van der Waals surface area contributed by atoms with Crippen LogP contribution in [0, 0.1) is 11.8 Å². The minimum absolute atomic E-state index is 0.0325. The Morgan fingerprint density at radius 3 is 2.62 bits per heavy atom. The highest BCUT2D eigenvalue weighted by atomic mass is 19.3. The van der Waals surface area contributed by atoms with Crippen LogP contribution in [0.2, 0.25) is 0 Å². The molecule has 7 heteroatoms. The summed E-state index contributed by atoms with van der Waals surface area (Å²) in [7, 11) is 0. The summed E-state index contributed by atoms with van der Waals surface area (Å²) in [6.07, 6.45) is 0.456. The number of rotatable bonds is 5. The predicted octanol–water partition coefficient (Wildman–Crippen LogP) is 0.865. The Hall–Kier alpha value is -1.66. The van der Waals surface area contributed by atoms with Gasteiger partial charge in [0.1, 0.15) is 12.5 Å². The average molecular weight is 235 g/mol. The number of hydrogen-bond donors (Lipinski definition) is 2. The second-order valence-corrected chi connectivity index (χ2v) is 3.36. The molecule has 16 heavy (non-hydrogen) atoms. The number of carbonyl (C=O) groups excluding carboxylic acids is 1. The van der Waals surface area contributed by atoms with E-state index in [1.165, 1.54) is 6.08 Å². The quantitative estimate of drug-likeness (QED) is 0.693. The first-order chi connectivity index (χ1) is 7.41. The van der Waals surface area contributed by atoms with Crippen LogP contribution in [-0.2, 0) is 9.53 Å². The van der Waals surface area contributed by atoms with Crippen LogP contribution < -0.4 is 5.32 Å². The minimum atomic E-state index is -3.25. The molecule has 1 saturated carbocycles. The standard InChI is InChI=1S/C9H11F2NO4/c1-2-3-16-8(15)12-4-5-6(7(13)14)9(5,10)11/h2,5-6H,1,3-4H2,(H,12,15)(H,13,14)/t5-,6+/m1/s1. The highest BCUT2D eigenvalue weighted by molar-refractivity contribution is 5.76. The Kier molecular flexibility index (Phi) is 3.46. The molecule has 1 aliphatic carbocycles. The normalized spacial score (nSPS) is 25.6. The molecule has 2 N–H and O–H groups in total. The third-order valence-corrected chi connectivity index (χ3v) is 2.27. The number of carboxylic acids is 1. The van der Waals surface area contributed by atoms with Crippen LogP contribution in [0.3, 0.4) is 0 Å². The van der Waals surface area contributed by atoms with Crippen molar-refractivity contribution in [2.45, 2.75) is 5.92 Å². The lowest BCUT2D eigenvalue weighted by molar-refractivity contribution is -0.140. The van der Waals surface area contributed by atoms with Crippen LogP contribution in [-0.4, -0.2) is 36.2 Å². The number of halogens is 2. The monoisotopic (exact) mass is 235 g/mol. The van der Waals surface area contributed by atoms with E-state index in [1.54, 1.807) is 0 Å². The van der Waals surface area contributed by atoms with Gasteiger partial charge in [0.05, 0.1) is 5.92 Å². The molecular weight excluding hydrogens is 224 g/mol. The van der Waals surface area contributed by atoms with Gasteiger partial charge in [-0.15, -0.1) is 0 Å². The number of alkyl carbamates (subject to hydrolysis) is 1. The summed E-state index contributed by atoms with van der Waals surface area (Å²) < 4.78 is 30.1. The first kappa shape index (κ1) is 12.4. The Balaban J connectivity index is 2.32. The lowest BCUT2D eigenvalue weighted by Gasteiger charge is -2.03. The van der Waals surface area contributed by atoms with E-state index in [0.717, 1.165) is 0 Å². The van der Waals surface area contributed by atoms with Crippen LogP contribution in [0.4, 0.5) is 13.6 Å². The van der Waals surface area contributed by atoms with E-state index in [0.29, 0.717) is 0 Å². The zero-order chi connectivity index (χ0) is 12.3. The number of nitrogens with one attached hydrogen (secondary N) is 1. The van der Waals surface area contributed by atoms with Crippen LogP contribution in [0.25, 0.3) is 0 Å². The van der Waals surface area contributed by atoms with Gasteiger partial charge in [0.2, 0.25) is 0 Å². The third-order valence-electron chi connectivity index (χ3n) is 2.27. The van der Waals surface area contributed by atoms with E-state index >= 15 is 0 Å². The summed E-state index contributed by atoms with van der Waals surface area (Å²) in [4.78, 5) is 21.2. The van der Waals surface area contributed by atoms with E-state index in [4.69, 9.17) is 5.11 Å². The molecule has 1 amide bonds. The summed E-state index contributed by atoms with van der Waals surface area (Å²) in [6, 6.07) is 0. The van der Waals surface area contributed by atoms with Crippen molar-refractivity contribution in [3.8, 4) is 0 Å². The number of carboxylic acid groups (broad SMARTS) is 1. The largest absolute Gasteiger partial charge is 0.481 e. The topological polar surface area (TPSA) is 75.6 Å². The predicted molar refractivity (Wildman–Crippen MR) is 49.1 cm³/mol. The van der Waals surface area contributed by atoms with Crippen molar-refractivity contribution in [1.29, 1.82) is 0 Å². The molecule has 0 saturated heterocycles. The fourth-order valence-corrected chi connectivity index (χ4v) is 1.36. The van der Waals surface area contributed by atoms with Gasteiger partial charge in [-0.2, -0.15) is 0 Å². The summed E-state index contributed by atoms with van der Waals surface area (Å²) in [5, 5.41) is 10.5. The highest BCUT2D eigenvalue weighted by Crippen LogP contribution is 2.54. The van der Waals surface area contributed by atoms with Crippen molar-refractivity contribution in [2.24, 2.45) is 11.8 Å². The number of amides is 1. The molecule has 1 rings (SSSR count). The zero-order valence-corrected chi connectivity index (χ0v) is 8.28. The molecule has 0 aromatic rings. The molecule has 0 spiro atoms. The number of ether oxygens (including phenoxy) is 1. The van der Waals surface area contributed by atoms with Gasteiger partial charge in [-0.05, 0) is 0 Å². The molecule has 0 bridgehead atoms. The fourth-order valence-electron chi connectivity index (χ4n) is 1.36. The van der Waals surface area contributed by atoms with E-state index in [2.05, 4.69) is 16.6 Å². The van der Waals surface area contributed by atoms with Crippen molar-refractivity contribution in [3.05, 3.63) is 12.7 Å². The van der Waals surface area contributed by atoms with Gasteiger partial charge in [-0.3, -0.25) is 4.79 Å². The van der Waals surface area contributed by atoms with Crippen molar-refractivity contribution in [3.63, 3.8) is 0 Å². The summed E-state index contributed by atoms with van der Waals surface area (Å²) in [5.74, 6) is -7.89. The smallest absolute Gasteiger partial charge is 0.407 e. The molecule has 0 radical (unpaired) electrons. The van der Waals surface area contributed by atoms with Crippen LogP contribution in [0.1, 0.15) is 0 Å². The van der Waals surface area contributed by atoms with Crippen molar-refractivity contribution < 1.29 is 28.2 Å². The van der Waals surface area contributed by atoms with Crippen molar-refractivity contribution >= 4 is 12.1 Å². The summed E-state index contributed by atoms with van der Waals surface area (Å²) in [6.45, 7) is 2.85. The molecular formula is C9H11F2NO4. The first-order valence-electron chi connectivity index (χ1n) is 4.53. The molecule has 2 atom stereocenters. The Morgan fingerprint density at radius 2 is 2.19 bits per heavy atom. The third kappa shape index (κ3) is 2.47. The highest BCUT2D eigenvalue weighted by Gasteiger charge is 2.72. The van der Waals surface area contributed by atoms with Crippen molar-refractivity contribution in [2.75, 3.05) is 13.2 Å². The second kappa shape index (κ2) is 4.46. The van der Waals surface area contributed by atoms with Gasteiger partial charge in [0.15, 0.2) is 0 Å². The number of alkyl halides is 2. The maximum Gasteiger partial charge on any atom is 0.407 e. The van der Waals surface area contributed by atoms with Crippen LogP contribution in [0.15, 0.2) is 12.7 Å². The van der Waals surface area contributed by atoms with E-state index < -0.39 is 36.4 Å².